The number of hydrogen-bond donors (Lipinski definition) is 0. The van der Waals surface area contributed by atoms with Gasteiger partial charge < -0.3 is 13.7 Å². The highest BCUT2D eigenvalue weighted by Crippen LogP contribution is 2.38. The molecule has 0 saturated carbocycles. The Morgan fingerprint density at radius 1 is 0.952 bits per heavy atom. The van der Waals surface area contributed by atoms with E-state index in [1.54, 1.807) is 0 Å². The maximum atomic E-state index is 6.20. The smallest absolute Gasteiger partial charge is 0.417 e. The highest BCUT2D eigenvalue weighted by molar-refractivity contribution is 6.74. The van der Waals surface area contributed by atoms with Crippen LogP contribution in [0.25, 0.3) is 0 Å². The minimum absolute atomic E-state index is 0.0668. The second kappa shape index (κ2) is 6.34. The Morgan fingerprint density at radius 2 is 1.43 bits per heavy atom. The molecule has 1 fully saturated rings. The molecule has 0 N–H and O–H groups in total. The summed E-state index contributed by atoms with van der Waals surface area (Å²) in [6, 6.07) is 0. The summed E-state index contributed by atoms with van der Waals surface area (Å²) in [4.78, 5) is 0. The minimum Gasteiger partial charge on any atom is -0.417 e. The van der Waals surface area contributed by atoms with Crippen molar-refractivity contribution >= 4 is 15.4 Å². The first-order chi connectivity index (χ1) is 9.29. The van der Waals surface area contributed by atoms with Gasteiger partial charge in [0.15, 0.2) is 8.32 Å². The molecule has 0 unspecified atom stereocenters. The topological polar surface area (TPSA) is 27.7 Å². The molecule has 0 bridgehead atoms. The Hall–Kier alpha value is 0.162. The zero-order valence-corrected chi connectivity index (χ0v) is 16.6. The molecule has 5 heteroatoms. The summed E-state index contributed by atoms with van der Waals surface area (Å²) in [6.45, 7) is 20.7. The van der Waals surface area contributed by atoms with Crippen molar-refractivity contribution in [2.45, 2.75) is 97.0 Å². The van der Waals surface area contributed by atoms with Gasteiger partial charge in [0.25, 0.3) is 0 Å². The first-order valence-corrected chi connectivity index (χ1v) is 11.2. The Morgan fingerprint density at radius 3 is 1.86 bits per heavy atom. The van der Waals surface area contributed by atoms with Crippen LogP contribution in [0.15, 0.2) is 0 Å². The van der Waals surface area contributed by atoms with Crippen LogP contribution >= 0.6 is 0 Å². The van der Waals surface area contributed by atoms with Crippen LogP contribution in [-0.4, -0.2) is 33.2 Å². The molecule has 0 radical (unpaired) electrons. The quantitative estimate of drug-likeness (QED) is 0.516. The molecule has 1 aliphatic rings. The molecule has 1 heterocycles. The molecule has 3 nitrogen and oxygen atoms in total. The SMILES string of the molecule is CC1(C)OB(CCCCO[Si](C)(C)C(C)(C)C)OC1(C)C. The zero-order chi connectivity index (χ0) is 16.5. The van der Waals surface area contributed by atoms with Crippen molar-refractivity contribution in [3.05, 3.63) is 0 Å². The average molecular weight is 314 g/mol. The second-order valence-corrected chi connectivity index (χ2v) is 13.6. The summed E-state index contributed by atoms with van der Waals surface area (Å²) >= 11 is 0. The molecule has 0 atom stereocenters. The summed E-state index contributed by atoms with van der Waals surface area (Å²) in [6.07, 6.45) is 3.12. The van der Waals surface area contributed by atoms with Gasteiger partial charge >= 0.3 is 7.12 Å². The van der Waals surface area contributed by atoms with Gasteiger partial charge in [-0.05, 0) is 58.6 Å². The third-order valence-electron chi connectivity index (χ3n) is 5.41. The van der Waals surface area contributed by atoms with E-state index >= 15 is 0 Å². The van der Waals surface area contributed by atoms with Crippen molar-refractivity contribution in [2.24, 2.45) is 0 Å². The molecular formula is C16H35BO3Si. The third kappa shape index (κ3) is 4.82. The van der Waals surface area contributed by atoms with Crippen LogP contribution in [0.1, 0.15) is 61.3 Å². The van der Waals surface area contributed by atoms with Crippen LogP contribution in [-0.2, 0) is 13.7 Å². The fourth-order valence-corrected chi connectivity index (χ4v) is 3.13. The van der Waals surface area contributed by atoms with Crippen LogP contribution in [0.2, 0.25) is 24.5 Å². The van der Waals surface area contributed by atoms with Crippen molar-refractivity contribution in [3.8, 4) is 0 Å². The number of rotatable bonds is 6. The van der Waals surface area contributed by atoms with Crippen molar-refractivity contribution in [1.82, 2.24) is 0 Å². The molecule has 1 saturated heterocycles. The van der Waals surface area contributed by atoms with E-state index in [9.17, 15) is 0 Å². The highest BCUT2D eigenvalue weighted by Gasteiger charge is 2.50. The molecule has 0 aromatic carbocycles. The third-order valence-corrected chi connectivity index (χ3v) is 9.94. The van der Waals surface area contributed by atoms with Crippen molar-refractivity contribution < 1.29 is 13.7 Å². The molecule has 0 aromatic heterocycles. The lowest BCUT2D eigenvalue weighted by Crippen LogP contribution is -2.41. The van der Waals surface area contributed by atoms with E-state index in [2.05, 4.69) is 61.6 Å². The summed E-state index contributed by atoms with van der Waals surface area (Å²) in [5.74, 6) is 0. The average Bonchev–Trinajstić information content (AvgIpc) is 2.45. The van der Waals surface area contributed by atoms with Crippen molar-refractivity contribution in [1.29, 1.82) is 0 Å². The van der Waals surface area contributed by atoms with Crippen LogP contribution in [0.5, 0.6) is 0 Å². The monoisotopic (exact) mass is 314 g/mol. The maximum Gasteiger partial charge on any atom is 0.457 e. The van der Waals surface area contributed by atoms with E-state index in [-0.39, 0.29) is 18.3 Å². The lowest BCUT2D eigenvalue weighted by molar-refractivity contribution is 0.00578. The van der Waals surface area contributed by atoms with Gasteiger partial charge in [-0.3, -0.25) is 0 Å². The molecule has 0 aromatic rings. The molecule has 0 spiro atoms. The fraction of sp³-hybridized carbons (Fsp3) is 1.00. The standard InChI is InChI=1S/C16H35BO3Si/c1-14(2,3)21(8,9)18-13-11-10-12-17-19-15(4,5)16(6,7)20-17/h10-13H2,1-9H3. The Bertz CT molecular complexity index is 332. The summed E-state index contributed by atoms with van der Waals surface area (Å²) in [7, 11) is -1.66. The van der Waals surface area contributed by atoms with Crippen LogP contribution in [0.3, 0.4) is 0 Å². The van der Waals surface area contributed by atoms with E-state index in [1.165, 1.54) is 0 Å². The van der Waals surface area contributed by atoms with Gasteiger partial charge in [-0.25, -0.2) is 0 Å². The lowest BCUT2D eigenvalue weighted by atomic mass is 9.82. The van der Waals surface area contributed by atoms with E-state index in [0.29, 0.717) is 5.04 Å². The molecule has 21 heavy (non-hydrogen) atoms. The molecule has 124 valence electrons. The van der Waals surface area contributed by atoms with E-state index in [4.69, 9.17) is 13.7 Å². The van der Waals surface area contributed by atoms with E-state index in [0.717, 1.165) is 25.8 Å². The zero-order valence-electron chi connectivity index (χ0n) is 15.6. The fourth-order valence-electron chi connectivity index (χ4n) is 2.04. The minimum atomic E-state index is -1.59. The maximum absolute atomic E-state index is 6.20. The summed E-state index contributed by atoms with van der Waals surface area (Å²) < 4.78 is 18.2. The van der Waals surface area contributed by atoms with E-state index in [1.807, 2.05) is 0 Å². The summed E-state index contributed by atoms with van der Waals surface area (Å²) in [5.41, 5.74) is -0.426. The van der Waals surface area contributed by atoms with Gasteiger partial charge in [0.1, 0.15) is 0 Å². The Balaban J connectivity index is 2.25. The van der Waals surface area contributed by atoms with Crippen LogP contribution in [0, 0.1) is 0 Å². The Labute approximate surface area is 133 Å². The van der Waals surface area contributed by atoms with Crippen LogP contribution < -0.4 is 0 Å². The normalized spacial score (nSPS) is 21.9. The predicted molar refractivity (Wildman–Crippen MR) is 93.3 cm³/mol. The largest absolute Gasteiger partial charge is 0.457 e. The lowest BCUT2D eigenvalue weighted by Gasteiger charge is -2.36. The number of unbranched alkanes of at least 4 members (excludes halogenated alkanes) is 1. The van der Waals surface area contributed by atoms with Gasteiger partial charge in [0.2, 0.25) is 0 Å². The van der Waals surface area contributed by atoms with Gasteiger partial charge in [0.05, 0.1) is 11.2 Å². The Kier molecular flexibility index (Phi) is 5.80. The van der Waals surface area contributed by atoms with Gasteiger partial charge in [-0.2, -0.15) is 0 Å². The molecule has 1 rings (SSSR count). The van der Waals surface area contributed by atoms with Crippen LogP contribution in [0.4, 0.5) is 0 Å². The van der Waals surface area contributed by atoms with E-state index < -0.39 is 8.32 Å². The van der Waals surface area contributed by atoms with Gasteiger partial charge in [-0.1, -0.05) is 27.2 Å². The first-order valence-electron chi connectivity index (χ1n) is 8.28. The van der Waals surface area contributed by atoms with Crippen molar-refractivity contribution in [2.75, 3.05) is 6.61 Å². The highest BCUT2D eigenvalue weighted by atomic mass is 28.4. The molecule has 1 aliphatic heterocycles. The molecule has 0 aliphatic carbocycles. The number of hydrogen-bond acceptors (Lipinski definition) is 3. The predicted octanol–water partition coefficient (Wildman–Crippen LogP) is 4.88. The van der Waals surface area contributed by atoms with Crippen molar-refractivity contribution in [3.63, 3.8) is 0 Å². The summed E-state index contributed by atoms with van der Waals surface area (Å²) in [5, 5.41) is 0.290. The first kappa shape index (κ1) is 19.2. The van der Waals surface area contributed by atoms with Gasteiger partial charge in [-0.15, -0.1) is 0 Å². The van der Waals surface area contributed by atoms with Gasteiger partial charge in [0, 0.05) is 6.61 Å². The molecule has 0 amide bonds. The molecular weight excluding hydrogens is 279 g/mol. The second-order valence-electron chi connectivity index (χ2n) is 8.79.